The summed E-state index contributed by atoms with van der Waals surface area (Å²) in [5.41, 5.74) is 2.28. The maximum atomic E-state index is 12.4. The second-order valence-corrected chi connectivity index (χ2v) is 7.50. The third-order valence-corrected chi connectivity index (χ3v) is 4.20. The molecule has 0 bridgehead atoms. The molecule has 2 heterocycles. The zero-order valence-electron chi connectivity index (χ0n) is 15.0. The van der Waals surface area contributed by atoms with Crippen molar-refractivity contribution >= 4 is 17.1 Å². The van der Waals surface area contributed by atoms with Crippen LogP contribution in [0.1, 0.15) is 26.3 Å². The van der Waals surface area contributed by atoms with Crippen molar-refractivity contribution in [1.82, 2.24) is 19.4 Å². The Hall–Kier alpha value is -1.92. The van der Waals surface area contributed by atoms with Crippen molar-refractivity contribution in [3.8, 4) is 0 Å². The number of ether oxygens (including phenoxy) is 1. The molecule has 6 nitrogen and oxygen atoms in total. The van der Waals surface area contributed by atoms with Crippen LogP contribution in [0.5, 0.6) is 0 Å². The number of nitrogens with zero attached hydrogens (tertiary/aromatic N) is 4. The molecular formula is C18H26N4O2. The van der Waals surface area contributed by atoms with Crippen LogP contribution < -0.4 is 0 Å². The van der Waals surface area contributed by atoms with E-state index in [1.54, 1.807) is 6.33 Å². The summed E-state index contributed by atoms with van der Waals surface area (Å²) >= 11 is 0. The molecule has 1 fully saturated rings. The topological polar surface area (TPSA) is 50.6 Å². The maximum absolute atomic E-state index is 12.4. The molecule has 2 aromatic rings. The van der Waals surface area contributed by atoms with Crippen molar-refractivity contribution < 1.29 is 9.53 Å². The van der Waals surface area contributed by atoms with Gasteiger partial charge in [0.1, 0.15) is 11.9 Å². The van der Waals surface area contributed by atoms with E-state index in [0.29, 0.717) is 0 Å². The summed E-state index contributed by atoms with van der Waals surface area (Å²) in [6.07, 6.45) is 1.15. The number of imidazole rings is 1. The number of piperazine rings is 1. The summed E-state index contributed by atoms with van der Waals surface area (Å²) in [6, 6.07) is 6.11. The number of aromatic nitrogens is 2. The van der Waals surface area contributed by atoms with Gasteiger partial charge in [-0.2, -0.15) is 0 Å². The highest BCUT2D eigenvalue weighted by molar-refractivity contribution is 5.87. The second kappa shape index (κ2) is 6.53. The molecule has 0 spiro atoms. The van der Waals surface area contributed by atoms with Crippen LogP contribution in [-0.2, 0) is 11.3 Å². The highest BCUT2D eigenvalue weighted by atomic mass is 16.6. The second-order valence-electron chi connectivity index (χ2n) is 7.50. The van der Waals surface area contributed by atoms with Crippen LogP contribution >= 0.6 is 0 Å². The quantitative estimate of drug-likeness (QED) is 0.847. The molecule has 0 atom stereocenters. The lowest BCUT2D eigenvalue weighted by molar-refractivity contribution is 0.0543. The molecule has 1 saturated heterocycles. The minimum atomic E-state index is -0.523. The number of hydrogen-bond donors (Lipinski definition) is 0. The maximum Gasteiger partial charge on any atom is 0.420 e. The molecule has 0 N–H and O–H groups in total. The van der Waals surface area contributed by atoms with Crippen LogP contribution in [0.25, 0.3) is 11.0 Å². The Morgan fingerprint density at radius 2 is 1.92 bits per heavy atom. The molecular weight excluding hydrogens is 304 g/mol. The minimum absolute atomic E-state index is 0.387. The van der Waals surface area contributed by atoms with Crippen LogP contribution in [-0.4, -0.2) is 64.3 Å². The van der Waals surface area contributed by atoms with Crippen molar-refractivity contribution in [3.05, 3.63) is 30.1 Å². The SMILES string of the molecule is CN1CCN(Cc2ccc3ncn(C(=O)OC(C)(C)C)c3c2)CC1. The average Bonchev–Trinajstić information content (AvgIpc) is 2.91. The summed E-state index contributed by atoms with van der Waals surface area (Å²) in [5, 5.41) is 0. The van der Waals surface area contributed by atoms with Crippen molar-refractivity contribution in [2.75, 3.05) is 33.2 Å². The van der Waals surface area contributed by atoms with Gasteiger partial charge in [0.05, 0.1) is 11.0 Å². The normalized spacial score (nSPS) is 17.3. The van der Waals surface area contributed by atoms with E-state index in [1.165, 1.54) is 10.1 Å². The summed E-state index contributed by atoms with van der Waals surface area (Å²) in [6.45, 7) is 10.8. The fraction of sp³-hybridized carbons (Fsp3) is 0.556. The number of likely N-dealkylation sites (N-methyl/N-ethyl adjacent to an activating group) is 1. The number of carbonyl (C=O) groups excluding carboxylic acids is 1. The van der Waals surface area contributed by atoms with Gasteiger partial charge in [-0.05, 0) is 45.5 Å². The summed E-state index contributed by atoms with van der Waals surface area (Å²) in [7, 11) is 2.16. The van der Waals surface area contributed by atoms with Crippen molar-refractivity contribution in [3.63, 3.8) is 0 Å². The standard InChI is InChI=1S/C18H26N4O2/c1-18(2,3)24-17(23)22-13-19-15-6-5-14(11-16(15)22)12-21-9-7-20(4)8-10-21/h5-6,11,13H,7-10,12H2,1-4H3. The van der Waals surface area contributed by atoms with Crippen molar-refractivity contribution in [2.45, 2.75) is 32.9 Å². The first-order valence-electron chi connectivity index (χ1n) is 8.42. The molecule has 1 aromatic heterocycles. The Kier molecular flexibility index (Phi) is 4.60. The Labute approximate surface area is 143 Å². The third-order valence-electron chi connectivity index (χ3n) is 4.20. The predicted octanol–water partition coefficient (Wildman–Crippen LogP) is 2.57. The monoisotopic (exact) mass is 330 g/mol. The van der Waals surface area contributed by atoms with Crippen molar-refractivity contribution in [2.24, 2.45) is 0 Å². The van der Waals surface area contributed by atoms with Crippen molar-refractivity contribution in [1.29, 1.82) is 0 Å². The predicted molar refractivity (Wildman–Crippen MR) is 94.1 cm³/mol. The van der Waals surface area contributed by atoms with E-state index in [4.69, 9.17) is 4.74 Å². The van der Waals surface area contributed by atoms with Gasteiger partial charge in [0.2, 0.25) is 0 Å². The lowest BCUT2D eigenvalue weighted by atomic mass is 10.1. The fourth-order valence-electron chi connectivity index (χ4n) is 2.87. The number of carbonyl (C=O) groups is 1. The van der Waals surface area contributed by atoms with Gasteiger partial charge in [0, 0.05) is 32.7 Å². The zero-order valence-corrected chi connectivity index (χ0v) is 15.0. The number of rotatable bonds is 2. The van der Waals surface area contributed by atoms with Gasteiger partial charge in [0.25, 0.3) is 0 Å². The molecule has 6 heteroatoms. The van der Waals surface area contributed by atoms with E-state index >= 15 is 0 Å². The lowest BCUT2D eigenvalue weighted by Crippen LogP contribution is -2.43. The molecule has 130 valence electrons. The molecule has 0 unspecified atom stereocenters. The Bertz CT molecular complexity index is 724. The van der Waals surface area contributed by atoms with E-state index in [1.807, 2.05) is 32.9 Å². The van der Waals surface area contributed by atoms with E-state index in [9.17, 15) is 4.79 Å². The summed E-state index contributed by atoms with van der Waals surface area (Å²) in [4.78, 5) is 21.5. The van der Waals surface area contributed by atoms with Gasteiger partial charge in [-0.3, -0.25) is 4.90 Å². The molecule has 0 radical (unpaired) electrons. The zero-order chi connectivity index (χ0) is 17.3. The number of benzene rings is 1. The molecule has 0 saturated carbocycles. The Morgan fingerprint density at radius 1 is 1.21 bits per heavy atom. The Balaban J connectivity index is 1.79. The number of fused-ring (bicyclic) bond motifs is 1. The first-order chi connectivity index (χ1) is 11.3. The highest BCUT2D eigenvalue weighted by Gasteiger charge is 2.20. The Morgan fingerprint density at radius 3 is 2.58 bits per heavy atom. The lowest BCUT2D eigenvalue weighted by Gasteiger charge is -2.32. The van der Waals surface area contributed by atoms with E-state index in [2.05, 4.69) is 27.9 Å². The first-order valence-corrected chi connectivity index (χ1v) is 8.42. The fourth-order valence-corrected chi connectivity index (χ4v) is 2.87. The van der Waals surface area contributed by atoms with Crippen LogP contribution in [0.4, 0.5) is 4.79 Å². The van der Waals surface area contributed by atoms with Crippen LogP contribution in [0.2, 0.25) is 0 Å². The third kappa shape index (κ3) is 3.94. The molecule has 0 amide bonds. The molecule has 1 aromatic carbocycles. The van der Waals surface area contributed by atoms with Gasteiger partial charge < -0.3 is 9.64 Å². The van der Waals surface area contributed by atoms with Gasteiger partial charge in [0.15, 0.2) is 0 Å². The molecule has 3 rings (SSSR count). The van der Waals surface area contributed by atoms with Gasteiger partial charge in [-0.15, -0.1) is 0 Å². The largest absolute Gasteiger partial charge is 0.443 e. The van der Waals surface area contributed by atoms with Gasteiger partial charge in [-0.1, -0.05) is 6.07 Å². The van der Waals surface area contributed by atoms with E-state index in [0.717, 1.165) is 43.8 Å². The minimum Gasteiger partial charge on any atom is -0.443 e. The summed E-state index contributed by atoms with van der Waals surface area (Å²) < 4.78 is 6.95. The number of hydrogen-bond acceptors (Lipinski definition) is 5. The van der Waals surface area contributed by atoms with Gasteiger partial charge >= 0.3 is 6.09 Å². The van der Waals surface area contributed by atoms with E-state index < -0.39 is 5.60 Å². The average molecular weight is 330 g/mol. The summed E-state index contributed by atoms with van der Waals surface area (Å²) in [5.74, 6) is 0. The smallest absolute Gasteiger partial charge is 0.420 e. The van der Waals surface area contributed by atoms with Crippen LogP contribution in [0.3, 0.4) is 0 Å². The van der Waals surface area contributed by atoms with Gasteiger partial charge in [-0.25, -0.2) is 14.3 Å². The first kappa shape index (κ1) is 16.9. The molecule has 1 aliphatic heterocycles. The van der Waals surface area contributed by atoms with Crippen LogP contribution in [0, 0.1) is 0 Å². The highest BCUT2D eigenvalue weighted by Crippen LogP contribution is 2.19. The van der Waals surface area contributed by atoms with Crippen LogP contribution in [0.15, 0.2) is 24.5 Å². The van der Waals surface area contributed by atoms with E-state index in [-0.39, 0.29) is 6.09 Å². The molecule has 0 aliphatic carbocycles. The molecule has 1 aliphatic rings. The molecule has 24 heavy (non-hydrogen) atoms.